The molecule has 0 saturated carbocycles. The predicted octanol–water partition coefficient (Wildman–Crippen LogP) is 3.73. The third-order valence-corrected chi connectivity index (χ3v) is 5.58. The van der Waals surface area contributed by atoms with Crippen molar-refractivity contribution in [1.82, 2.24) is 14.9 Å². The SMILES string of the molecule is CC1(c2cncn2-c2ccc3sccc3c2)CCNCC1. The van der Waals surface area contributed by atoms with E-state index in [0.717, 1.165) is 13.1 Å². The molecule has 1 N–H and O–H groups in total. The highest BCUT2D eigenvalue weighted by atomic mass is 32.1. The van der Waals surface area contributed by atoms with E-state index in [4.69, 9.17) is 0 Å². The first-order valence-corrected chi connectivity index (χ1v) is 8.35. The summed E-state index contributed by atoms with van der Waals surface area (Å²) < 4.78 is 3.61. The number of nitrogens with one attached hydrogen (secondary N) is 1. The molecule has 3 aromatic rings. The van der Waals surface area contributed by atoms with Crippen LogP contribution in [0.4, 0.5) is 0 Å². The van der Waals surface area contributed by atoms with Crippen LogP contribution in [0, 0.1) is 0 Å². The van der Waals surface area contributed by atoms with Crippen molar-refractivity contribution in [2.75, 3.05) is 13.1 Å². The minimum Gasteiger partial charge on any atom is -0.317 e. The first-order valence-electron chi connectivity index (χ1n) is 7.47. The Bertz CT molecular complexity index is 765. The standard InChI is InChI=1S/C17H19N3S/c1-17(5-7-18-8-6-17)16-11-19-12-20(16)14-2-3-15-13(10-14)4-9-21-15/h2-4,9-12,18H,5-8H2,1H3. The van der Waals surface area contributed by atoms with Crippen LogP contribution in [-0.2, 0) is 5.41 Å². The van der Waals surface area contributed by atoms with Gasteiger partial charge in [0.1, 0.15) is 0 Å². The summed E-state index contributed by atoms with van der Waals surface area (Å²) in [4.78, 5) is 4.43. The zero-order valence-electron chi connectivity index (χ0n) is 12.2. The molecule has 0 unspecified atom stereocenters. The van der Waals surface area contributed by atoms with Gasteiger partial charge in [-0.25, -0.2) is 4.98 Å². The highest BCUT2D eigenvalue weighted by Crippen LogP contribution is 2.34. The predicted molar refractivity (Wildman–Crippen MR) is 88.4 cm³/mol. The van der Waals surface area contributed by atoms with E-state index in [1.54, 1.807) is 11.3 Å². The van der Waals surface area contributed by atoms with Gasteiger partial charge in [-0.05, 0) is 61.0 Å². The van der Waals surface area contributed by atoms with Crippen molar-refractivity contribution in [3.63, 3.8) is 0 Å². The average molecular weight is 297 g/mol. The third kappa shape index (κ3) is 2.19. The monoisotopic (exact) mass is 297 g/mol. The Balaban J connectivity index is 1.80. The molecule has 1 aliphatic rings. The van der Waals surface area contributed by atoms with Crippen LogP contribution in [0.15, 0.2) is 42.2 Å². The Morgan fingerprint density at radius 3 is 2.95 bits per heavy atom. The molecule has 0 radical (unpaired) electrons. The molecule has 1 aliphatic heterocycles. The van der Waals surface area contributed by atoms with Gasteiger partial charge < -0.3 is 9.88 Å². The summed E-state index contributed by atoms with van der Waals surface area (Å²) in [7, 11) is 0. The van der Waals surface area contributed by atoms with Crippen LogP contribution >= 0.6 is 11.3 Å². The molecule has 0 bridgehead atoms. The topological polar surface area (TPSA) is 29.9 Å². The summed E-state index contributed by atoms with van der Waals surface area (Å²) in [6, 6.07) is 8.87. The molecule has 0 atom stereocenters. The summed E-state index contributed by atoms with van der Waals surface area (Å²) in [5.74, 6) is 0. The Morgan fingerprint density at radius 2 is 2.10 bits per heavy atom. The molecule has 108 valence electrons. The molecule has 4 rings (SSSR count). The number of benzene rings is 1. The van der Waals surface area contributed by atoms with E-state index in [1.807, 2.05) is 12.5 Å². The number of nitrogens with zero attached hydrogens (tertiary/aromatic N) is 2. The lowest BCUT2D eigenvalue weighted by atomic mass is 9.78. The second kappa shape index (κ2) is 4.97. The maximum Gasteiger partial charge on any atom is 0.0994 e. The van der Waals surface area contributed by atoms with Crippen molar-refractivity contribution in [3.8, 4) is 5.69 Å². The number of piperidine rings is 1. The van der Waals surface area contributed by atoms with Gasteiger partial charge in [-0.2, -0.15) is 0 Å². The first kappa shape index (κ1) is 13.0. The molecule has 0 spiro atoms. The van der Waals surface area contributed by atoms with Gasteiger partial charge in [0.15, 0.2) is 0 Å². The molecule has 0 amide bonds. The van der Waals surface area contributed by atoms with E-state index < -0.39 is 0 Å². The molecule has 0 aliphatic carbocycles. The fraction of sp³-hybridized carbons (Fsp3) is 0.353. The summed E-state index contributed by atoms with van der Waals surface area (Å²) in [5, 5.41) is 6.92. The fourth-order valence-electron chi connectivity index (χ4n) is 3.29. The van der Waals surface area contributed by atoms with Crippen molar-refractivity contribution in [2.45, 2.75) is 25.2 Å². The maximum atomic E-state index is 4.43. The zero-order valence-corrected chi connectivity index (χ0v) is 13.0. The van der Waals surface area contributed by atoms with E-state index in [2.05, 4.69) is 51.4 Å². The molecule has 4 heteroatoms. The van der Waals surface area contributed by atoms with E-state index in [9.17, 15) is 0 Å². The lowest BCUT2D eigenvalue weighted by Crippen LogP contribution is -2.38. The van der Waals surface area contributed by atoms with Crippen molar-refractivity contribution < 1.29 is 0 Å². The molecule has 2 aromatic heterocycles. The van der Waals surface area contributed by atoms with Gasteiger partial charge in [0.25, 0.3) is 0 Å². The maximum absolute atomic E-state index is 4.43. The molecule has 1 aromatic carbocycles. The molecule has 3 nitrogen and oxygen atoms in total. The van der Waals surface area contributed by atoms with Crippen molar-refractivity contribution in [3.05, 3.63) is 47.9 Å². The summed E-state index contributed by atoms with van der Waals surface area (Å²) >= 11 is 1.79. The smallest absolute Gasteiger partial charge is 0.0994 e. The Hall–Kier alpha value is -1.65. The molecule has 3 heterocycles. The van der Waals surface area contributed by atoms with Crippen LogP contribution in [-0.4, -0.2) is 22.6 Å². The average Bonchev–Trinajstić information content (AvgIpc) is 3.16. The number of hydrogen-bond donors (Lipinski definition) is 1. The minimum absolute atomic E-state index is 0.214. The van der Waals surface area contributed by atoms with E-state index in [1.165, 1.54) is 34.3 Å². The van der Waals surface area contributed by atoms with E-state index in [0.29, 0.717) is 0 Å². The van der Waals surface area contributed by atoms with Gasteiger partial charge in [0.2, 0.25) is 0 Å². The number of rotatable bonds is 2. The number of thiophene rings is 1. The van der Waals surface area contributed by atoms with Crippen molar-refractivity contribution in [1.29, 1.82) is 0 Å². The van der Waals surface area contributed by atoms with E-state index in [-0.39, 0.29) is 5.41 Å². The Kier molecular flexibility index (Phi) is 3.08. The number of aromatic nitrogens is 2. The highest BCUT2D eigenvalue weighted by Gasteiger charge is 2.31. The van der Waals surface area contributed by atoms with Gasteiger partial charge in [0.05, 0.1) is 6.33 Å². The second-order valence-corrected chi connectivity index (χ2v) is 7.05. The first-order chi connectivity index (χ1) is 10.3. The Labute approximate surface area is 128 Å². The zero-order chi connectivity index (χ0) is 14.3. The van der Waals surface area contributed by atoms with Gasteiger partial charge in [-0.1, -0.05) is 6.92 Å². The number of fused-ring (bicyclic) bond motifs is 1. The second-order valence-electron chi connectivity index (χ2n) is 6.10. The third-order valence-electron chi connectivity index (χ3n) is 4.68. The van der Waals surface area contributed by atoms with Gasteiger partial charge in [-0.3, -0.25) is 0 Å². The quantitative estimate of drug-likeness (QED) is 0.781. The van der Waals surface area contributed by atoms with E-state index >= 15 is 0 Å². The molecule has 21 heavy (non-hydrogen) atoms. The van der Waals surface area contributed by atoms with Gasteiger partial charge in [-0.15, -0.1) is 11.3 Å². The van der Waals surface area contributed by atoms with Gasteiger partial charge >= 0.3 is 0 Å². The van der Waals surface area contributed by atoms with Crippen molar-refractivity contribution in [2.24, 2.45) is 0 Å². The summed E-state index contributed by atoms with van der Waals surface area (Å²) in [6.07, 6.45) is 6.33. The molecule has 1 fully saturated rings. The summed E-state index contributed by atoms with van der Waals surface area (Å²) in [5.41, 5.74) is 2.76. The van der Waals surface area contributed by atoms with Crippen LogP contribution < -0.4 is 5.32 Å². The normalized spacial score (nSPS) is 18.1. The van der Waals surface area contributed by atoms with Crippen LogP contribution in [0.1, 0.15) is 25.5 Å². The molecule has 1 saturated heterocycles. The number of hydrogen-bond acceptors (Lipinski definition) is 3. The fourth-order valence-corrected chi connectivity index (χ4v) is 4.06. The Morgan fingerprint density at radius 1 is 1.24 bits per heavy atom. The lowest BCUT2D eigenvalue weighted by molar-refractivity contribution is 0.324. The molecular formula is C17H19N3S. The van der Waals surface area contributed by atoms with Crippen molar-refractivity contribution >= 4 is 21.4 Å². The lowest BCUT2D eigenvalue weighted by Gasteiger charge is -2.34. The highest BCUT2D eigenvalue weighted by molar-refractivity contribution is 7.17. The molecular weight excluding hydrogens is 278 g/mol. The number of imidazole rings is 1. The van der Waals surface area contributed by atoms with Crippen LogP contribution in [0.5, 0.6) is 0 Å². The summed E-state index contributed by atoms with van der Waals surface area (Å²) in [6.45, 7) is 4.54. The van der Waals surface area contributed by atoms with Crippen LogP contribution in [0.2, 0.25) is 0 Å². The van der Waals surface area contributed by atoms with Crippen LogP contribution in [0.3, 0.4) is 0 Å². The van der Waals surface area contributed by atoms with Gasteiger partial charge in [0, 0.05) is 27.7 Å². The minimum atomic E-state index is 0.214. The van der Waals surface area contributed by atoms with Crippen LogP contribution in [0.25, 0.3) is 15.8 Å². The largest absolute Gasteiger partial charge is 0.317 e.